The molecule has 0 aliphatic rings. The van der Waals surface area contributed by atoms with E-state index in [2.05, 4.69) is 4.99 Å². The van der Waals surface area contributed by atoms with E-state index >= 15 is 0 Å². The summed E-state index contributed by atoms with van der Waals surface area (Å²) in [7, 11) is -3.37. The maximum absolute atomic E-state index is 12.6. The molecule has 0 unspecified atom stereocenters. The fourth-order valence-corrected chi connectivity index (χ4v) is 6.01. The van der Waals surface area contributed by atoms with Crippen molar-refractivity contribution in [3.8, 4) is 0 Å². The zero-order valence-electron chi connectivity index (χ0n) is 20.1. The molecule has 0 saturated carbocycles. The number of carbonyl (C=O) groups is 3. The Morgan fingerprint density at radius 1 is 1.00 bits per heavy atom. The summed E-state index contributed by atoms with van der Waals surface area (Å²) in [4.78, 5) is 41.3. The second-order valence-corrected chi connectivity index (χ2v) is 11.1. The summed E-state index contributed by atoms with van der Waals surface area (Å²) in [5.41, 5.74) is 1.65. The molecule has 3 rings (SSSR count). The molecule has 192 valence electrons. The minimum Gasteiger partial charge on any atom is -0.465 e. The second-order valence-electron chi connectivity index (χ2n) is 7.87. The minimum absolute atomic E-state index is 0.0598. The summed E-state index contributed by atoms with van der Waals surface area (Å²) < 4.78 is 37.1. The van der Waals surface area contributed by atoms with Crippen molar-refractivity contribution in [3.63, 3.8) is 0 Å². The number of hydrogen-bond acceptors (Lipinski definition) is 8. The highest BCUT2D eigenvalue weighted by molar-refractivity contribution is 7.90. The van der Waals surface area contributed by atoms with Crippen molar-refractivity contribution in [1.82, 2.24) is 4.57 Å². The molecular weight excluding hydrogens is 504 g/mol. The lowest BCUT2D eigenvalue weighted by molar-refractivity contribution is -0.143. The normalized spacial score (nSPS) is 12.0. The molecule has 1 aromatic heterocycles. The third kappa shape index (κ3) is 7.59. The highest BCUT2D eigenvalue weighted by atomic mass is 32.2. The largest absolute Gasteiger partial charge is 0.465 e. The fourth-order valence-electron chi connectivity index (χ4n) is 3.49. The van der Waals surface area contributed by atoms with Gasteiger partial charge in [0.1, 0.15) is 6.54 Å². The Kier molecular flexibility index (Phi) is 9.54. The number of ether oxygens (including phenoxy) is 2. The van der Waals surface area contributed by atoms with Crippen LogP contribution in [0.2, 0.25) is 0 Å². The molecule has 1 heterocycles. The van der Waals surface area contributed by atoms with Crippen LogP contribution < -0.4 is 4.80 Å². The van der Waals surface area contributed by atoms with Crippen molar-refractivity contribution >= 4 is 49.2 Å². The number of fused-ring (bicyclic) bond motifs is 1. The van der Waals surface area contributed by atoms with Crippen LogP contribution >= 0.6 is 11.3 Å². The quantitative estimate of drug-likeness (QED) is 0.348. The van der Waals surface area contributed by atoms with Crippen molar-refractivity contribution in [1.29, 1.82) is 0 Å². The number of sulfone groups is 1. The molecule has 0 spiro atoms. The molecule has 11 heteroatoms. The molecule has 0 aliphatic heterocycles. The Bertz CT molecular complexity index is 1410. The van der Waals surface area contributed by atoms with Gasteiger partial charge < -0.3 is 14.0 Å². The number of rotatable bonds is 11. The van der Waals surface area contributed by atoms with Gasteiger partial charge in [-0.2, -0.15) is 4.99 Å². The van der Waals surface area contributed by atoms with Gasteiger partial charge in [0, 0.05) is 6.42 Å². The standard InChI is InChI=1S/C25H28N2O7S2/c1-3-33-23(29)16-27-20-13-12-19(24(30)34-4-2)15-21(20)35-25(27)26-22(28)11-8-14-36(31,32)17-18-9-6-5-7-10-18/h5-7,9-10,12-13,15H,3-4,8,11,14,16-17H2,1-2H3. The van der Waals surface area contributed by atoms with Crippen molar-refractivity contribution in [2.75, 3.05) is 19.0 Å². The number of aromatic nitrogens is 1. The summed E-state index contributed by atoms with van der Waals surface area (Å²) in [5.74, 6) is -1.69. The molecule has 36 heavy (non-hydrogen) atoms. The molecule has 0 bridgehead atoms. The number of amides is 1. The van der Waals surface area contributed by atoms with E-state index in [0.29, 0.717) is 21.3 Å². The number of carbonyl (C=O) groups excluding carboxylic acids is 3. The van der Waals surface area contributed by atoms with Gasteiger partial charge in [0.25, 0.3) is 0 Å². The van der Waals surface area contributed by atoms with Gasteiger partial charge in [-0.3, -0.25) is 9.59 Å². The Morgan fingerprint density at radius 2 is 1.72 bits per heavy atom. The molecule has 0 aliphatic carbocycles. The first kappa shape index (κ1) is 27.3. The van der Waals surface area contributed by atoms with Crippen LogP contribution in [0.15, 0.2) is 53.5 Å². The van der Waals surface area contributed by atoms with Gasteiger partial charge in [0.2, 0.25) is 5.91 Å². The van der Waals surface area contributed by atoms with Gasteiger partial charge in [0.05, 0.1) is 40.5 Å². The molecular formula is C25H28N2O7S2. The molecule has 9 nitrogen and oxygen atoms in total. The van der Waals surface area contributed by atoms with E-state index in [1.54, 1.807) is 60.9 Å². The van der Waals surface area contributed by atoms with Crippen LogP contribution in [-0.2, 0) is 41.2 Å². The van der Waals surface area contributed by atoms with Crippen LogP contribution in [-0.4, -0.2) is 49.8 Å². The van der Waals surface area contributed by atoms with E-state index in [1.165, 1.54) is 0 Å². The van der Waals surface area contributed by atoms with Gasteiger partial charge in [0.15, 0.2) is 14.6 Å². The Hall–Kier alpha value is -3.31. The van der Waals surface area contributed by atoms with Gasteiger partial charge in [-0.05, 0) is 44.0 Å². The van der Waals surface area contributed by atoms with Crippen molar-refractivity contribution in [2.45, 2.75) is 39.0 Å². The smallest absolute Gasteiger partial charge is 0.338 e. The van der Waals surface area contributed by atoms with E-state index in [4.69, 9.17) is 9.47 Å². The van der Waals surface area contributed by atoms with Crippen LogP contribution in [0.25, 0.3) is 10.2 Å². The molecule has 0 saturated heterocycles. The van der Waals surface area contributed by atoms with E-state index in [9.17, 15) is 22.8 Å². The Labute approximate surface area is 213 Å². The molecule has 2 aromatic carbocycles. The topological polar surface area (TPSA) is 121 Å². The van der Waals surface area contributed by atoms with E-state index in [0.717, 1.165) is 11.3 Å². The highest BCUT2D eigenvalue weighted by Crippen LogP contribution is 2.20. The number of nitrogens with zero attached hydrogens (tertiary/aromatic N) is 2. The molecule has 0 atom stereocenters. The Morgan fingerprint density at radius 3 is 2.42 bits per heavy atom. The lowest BCUT2D eigenvalue weighted by Gasteiger charge is -2.06. The third-order valence-corrected chi connectivity index (χ3v) is 7.81. The summed E-state index contributed by atoms with van der Waals surface area (Å²) in [6, 6.07) is 13.7. The van der Waals surface area contributed by atoms with E-state index in [-0.39, 0.29) is 48.9 Å². The summed E-state index contributed by atoms with van der Waals surface area (Å²) in [6.07, 6.45) is 0.0724. The lowest BCUT2D eigenvalue weighted by atomic mass is 10.2. The monoisotopic (exact) mass is 532 g/mol. The van der Waals surface area contributed by atoms with Crippen molar-refractivity contribution < 1.29 is 32.3 Å². The van der Waals surface area contributed by atoms with E-state index < -0.39 is 27.7 Å². The Balaban J connectivity index is 1.80. The third-order valence-electron chi connectivity index (χ3n) is 5.08. The predicted molar refractivity (Wildman–Crippen MR) is 136 cm³/mol. The summed E-state index contributed by atoms with van der Waals surface area (Å²) >= 11 is 1.14. The maximum Gasteiger partial charge on any atom is 0.338 e. The van der Waals surface area contributed by atoms with Crippen LogP contribution in [0, 0.1) is 0 Å². The first-order valence-corrected chi connectivity index (χ1v) is 14.1. The molecule has 0 N–H and O–H groups in total. The first-order valence-electron chi connectivity index (χ1n) is 11.5. The van der Waals surface area contributed by atoms with Gasteiger partial charge in [-0.25, -0.2) is 13.2 Å². The minimum atomic E-state index is -3.37. The number of esters is 2. The molecule has 0 fully saturated rings. The number of benzene rings is 2. The summed E-state index contributed by atoms with van der Waals surface area (Å²) in [6.45, 7) is 3.69. The van der Waals surface area contributed by atoms with Crippen LogP contribution in [0.3, 0.4) is 0 Å². The van der Waals surface area contributed by atoms with E-state index in [1.807, 2.05) is 6.07 Å². The van der Waals surface area contributed by atoms with Gasteiger partial charge in [-0.15, -0.1) is 0 Å². The van der Waals surface area contributed by atoms with Crippen LogP contribution in [0.1, 0.15) is 42.6 Å². The second kappa shape index (κ2) is 12.6. The SMILES string of the molecule is CCOC(=O)Cn1c(=NC(=O)CCCS(=O)(=O)Cc2ccccc2)sc2cc(C(=O)OCC)ccc21. The zero-order chi connectivity index (χ0) is 26.1. The van der Waals surface area contributed by atoms with Crippen LogP contribution in [0.5, 0.6) is 0 Å². The average molecular weight is 533 g/mol. The first-order chi connectivity index (χ1) is 17.2. The maximum atomic E-state index is 12.6. The average Bonchev–Trinajstić information content (AvgIpc) is 3.15. The molecule has 3 aromatic rings. The number of thiazole rings is 1. The summed E-state index contributed by atoms with van der Waals surface area (Å²) in [5, 5.41) is 0. The van der Waals surface area contributed by atoms with Gasteiger partial charge >= 0.3 is 11.9 Å². The molecule has 1 amide bonds. The van der Waals surface area contributed by atoms with Crippen LogP contribution in [0.4, 0.5) is 0 Å². The fraction of sp³-hybridized carbons (Fsp3) is 0.360. The zero-order valence-corrected chi connectivity index (χ0v) is 21.8. The lowest BCUT2D eigenvalue weighted by Crippen LogP contribution is -2.23. The number of hydrogen-bond donors (Lipinski definition) is 0. The molecule has 0 radical (unpaired) electrons. The highest BCUT2D eigenvalue weighted by Gasteiger charge is 2.16. The van der Waals surface area contributed by atoms with Gasteiger partial charge in [-0.1, -0.05) is 41.7 Å². The van der Waals surface area contributed by atoms with Crippen molar-refractivity contribution in [3.05, 3.63) is 64.5 Å². The predicted octanol–water partition coefficient (Wildman–Crippen LogP) is 3.27. The van der Waals surface area contributed by atoms with Crippen molar-refractivity contribution in [2.24, 2.45) is 4.99 Å².